The van der Waals surface area contributed by atoms with E-state index in [1.54, 1.807) is 0 Å². The molecule has 0 bridgehead atoms. The highest BCUT2D eigenvalue weighted by molar-refractivity contribution is 5.66. The fraction of sp³-hybridized carbons (Fsp3) is 0.875. The van der Waals surface area contributed by atoms with Gasteiger partial charge in [-0.25, -0.2) is 0 Å². The fourth-order valence-corrected chi connectivity index (χ4v) is 2.30. The van der Waals surface area contributed by atoms with Crippen molar-refractivity contribution in [2.75, 3.05) is 0 Å². The predicted octanol–water partition coefficient (Wildman–Crippen LogP) is 4.31. The number of esters is 1. The fourth-order valence-electron chi connectivity index (χ4n) is 2.30. The van der Waals surface area contributed by atoms with E-state index in [1.165, 1.54) is 39.0 Å². The summed E-state index contributed by atoms with van der Waals surface area (Å²) in [6.45, 7) is 3.64. The van der Waals surface area contributed by atoms with Crippen LogP contribution in [0.5, 0.6) is 0 Å². The Morgan fingerprint density at radius 1 is 0.950 bits per heavy atom. The van der Waals surface area contributed by atoms with Crippen molar-refractivity contribution in [1.82, 2.24) is 0 Å². The van der Waals surface area contributed by atoms with Crippen molar-refractivity contribution in [3.63, 3.8) is 0 Å². The van der Waals surface area contributed by atoms with Crippen molar-refractivity contribution in [3.8, 4) is 0 Å². The van der Waals surface area contributed by atoms with Gasteiger partial charge in [-0.15, -0.1) is 0 Å². The Hall–Kier alpha value is -1.06. The molecule has 4 heteroatoms. The Kier molecular flexibility index (Phi) is 12.3. The molecule has 0 amide bonds. The SMILES string of the molecule is CCCCCCCCC(CCCCC(=O)O)OC(C)=O. The van der Waals surface area contributed by atoms with E-state index in [1.807, 2.05) is 0 Å². The summed E-state index contributed by atoms with van der Waals surface area (Å²) in [4.78, 5) is 21.5. The summed E-state index contributed by atoms with van der Waals surface area (Å²) >= 11 is 0. The summed E-state index contributed by atoms with van der Waals surface area (Å²) in [5, 5.41) is 8.58. The number of rotatable bonds is 13. The Labute approximate surface area is 122 Å². The second kappa shape index (κ2) is 12.9. The van der Waals surface area contributed by atoms with E-state index in [0.717, 1.165) is 25.7 Å². The number of aliphatic carboxylic acids is 1. The summed E-state index contributed by atoms with van der Waals surface area (Å²) in [6.07, 6.45) is 10.7. The summed E-state index contributed by atoms with van der Waals surface area (Å²) in [6, 6.07) is 0. The van der Waals surface area contributed by atoms with Gasteiger partial charge in [0.25, 0.3) is 0 Å². The van der Waals surface area contributed by atoms with Crippen LogP contribution in [0.1, 0.15) is 84.5 Å². The molecule has 1 atom stereocenters. The zero-order chi connectivity index (χ0) is 15.2. The van der Waals surface area contributed by atoms with Gasteiger partial charge in [0.2, 0.25) is 0 Å². The highest BCUT2D eigenvalue weighted by Crippen LogP contribution is 2.15. The van der Waals surface area contributed by atoms with Gasteiger partial charge in [-0.05, 0) is 32.1 Å². The maximum absolute atomic E-state index is 11.1. The molecule has 0 aromatic carbocycles. The topological polar surface area (TPSA) is 63.6 Å². The Balaban J connectivity index is 3.73. The van der Waals surface area contributed by atoms with E-state index in [-0.39, 0.29) is 18.5 Å². The number of ether oxygens (including phenoxy) is 1. The largest absolute Gasteiger partial charge is 0.481 e. The first kappa shape index (κ1) is 18.9. The Bertz CT molecular complexity index is 263. The molecular weight excluding hydrogens is 256 g/mol. The predicted molar refractivity (Wildman–Crippen MR) is 79.7 cm³/mol. The first-order chi connectivity index (χ1) is 9.56. The molecule has 1 unspecified atom stereocenters. The lowest BCUT2D eigenvalue weighted by atomic mass is 10.0. The minimum Gasteiger partial charge on any atom is -0.481 e. The molecule has 118 valence electrons. The zero-order valence-electron chi connectivity index (χ0n) is 13.0. The lowest BCUT2D eigenvalue weighted by molar-refractivity contribution is -0.147. The highest BCUT2D eigenvalue weighted by atomic mass is 16.5. The monoisotopic (exact) mass is 286 g/mol. The average Bonchev–Trinajstić information content (AvgIpc) is 2.37. The lowest BCUT2D eigenvalue weighted by Crippen LogP contribution is -2.16. The van der Waals surface area contributed by atoms with Crippen molar-refractivity contribution in [2.24, 2.45) is 0 Å². The Morgan fingerprint density at radius 2 is 1.50 bits per heavy atom. The number of unbranched alkanes of at least 4 members (excludes halogenated alkanes) is 6. The summed E-state index contributed by atoms with van der Waals surface area (Å²) in [5.41, 5.74) is 0. The zero-order valence-corrected chi connectivity index (χ0v) is 13.0. The van der Waals surface area contributed by atoms with Crippen molar-refractivity contribution in [1.29, 1.82) is 0 Å². The lowest BCUT2D eigenvalue weighted by Gasteiger charge is -2.16. The number of carbonyl (C=O) groups excluding carboxylic acids is 1. The standard InChI is InChI=1S/C16H30O4/c1-3-4-5-6-7-8-11-15(20-14(2)17)12-9-10-13-16(18)19/h15H,3-13H2,1-2H3,(H,18,19). The third-order valence-corrected chi connectivity index (χ3v) is 3.38. The van der Waals surface area contributed by atoms with Crippen molar-refractivity contribution < 1.29 is 19.4 Å². The molecule has 4 nitrogen and oxygen atoms in total. The van der Waals surface area contributed by atoms with Crippen molar-refractivity contribution in [3.05, 3.63) is 0 Å². The molecule has 0 aromatic heterocycles. The van der Waals surface area contributed by atoms with E-state index < -0.39 is 5.97 Å². The van der Waals surface area contributed by atoms with Gasteiger partial charge in [-0.1, -0.05) is 39.0 Å². The molecule has 0 radical (unpaired) electrons. The van der Waals surface area contributed by atoms with Crippen LogP contribution >= 0.6 is 0 Å². The van der Waals surface area contributed by atoms with E-state index in [2.05, 4.69) is 6.92 Å². The van der Waals surface area contributed by atoms with Gasteiger partial charge in [0.1, 0.15) is 6.10 Å². The first-order valence-corrected chi connectivity index (χ1v) is 7.95. The molecule has 0 aliphatic heterocycles. The summed E-state index contributed by atoms with van der Waals surface area (Å²) in [7, 11) is 0. The van der Waals surface area contributed by atoms with Crippen LogP contribution in [0.15, 0.2) is 0 Å². The molecular formula is C16H30O4. The molecule has 0 aliphatic carbocycles. The quantitative estimate of drug-likeness (QED) is 0.404. The van der Waals surface area contributed by atoms with Gasteiger partial charge in [-0.3, -0.25) is 9.59 Å². The molecule has 0 fully saturated rings. The van der Waals surface area contributed by atoms with Crippen LogP contribution < -0.4 is 0 Å². The van der Waals surface area contributed by atoms with E-state index in [4.69, 9.17) is 9.84 Å². The number of hydrogen-bond donors (Lipinski definition) is 1. The third-order valence-electron chi connectivity index (χ3n) is 3.38. The van der Waals surface area contributed by atoms with Crippen LogP contribution in [0.25, 0.3) is 0 Å². The van der Waals surface area contributed by atoms with Crippen LogP contribution in [-0.2, 0) is 14.3 Å². The minimum atomic E-state index is -0.759. The second-order valence-electron chi connectivity index (χ2n) is 5.43. The molecule has 0 spiro atoms. The molecule has 0 saturated heterocycles. The van der Waals surface area contributed by atoms with Gasteiger partial charge < -0.3 is 9.84 Å². The van der Waals surface area contributed by atoms with Crippen molar-refractivity contribution >= 4 is 11.9 Å². The number of carboxylic acids is 1. The molecule has 0 rings (SSSR count). The number of hydrogen-bond acceptors (Lipinski definition) is 3. The van der Waals surface area contributed by atoms with Gasteiger partial charge in [0.05, 0.1) is 0 Å². The smallest absolute Gasteiger partial charge is 0.303 e. The molecule has 0 saturated carbocycles. The van der Waals surface area contributed by atoms with E-state index >= 15 is 0 Å². The van der Waals surface area contributed by atoms with Crippen LogP contribution in [0, 0.1) is 0 Å². The summed E-state index contributed by atoms with van der Waals surface area (Å²) in [5.74, 6) is -0.996. The van der Waals surface area contributed by atoms with Gasteiger partial charge in [-0.2, -0.15) is 0 Å². The second-order valence-corrected chi connectivity index (χ2v) is 5.43. The van der Waals surface area contributed by atoms with Gasteiger partial charge in [0, 0.05) is 13.3 Å². The molecule has 0 heterocycles. The van der Waals surface area contributed by atoms with Crippen molar-refractivity contribution in [2.45, 2.75) is 90.6 Å². The molecule has 1 N–H and O–H groups in total. The number of carboxylic acid groups (broad SMARTS) is 1. The van der Waals surface area contributed by atoms with Crippen LogP contribution in [-0.4, -0.2) is 23.1 Å². The minimum absolute atomic E-state index is 0.0347. The van der Waals surface area contributed by atoms with Crippen LogP contribution in [0.3, 0.4) is 0 Å². The number of carbonyl (C=O) groups is 2. The molecule has 20 heavy (non-hydrogen) atoms. The summed E-state index contributed by atoms with van der Waals surface area (Å²) < 4.78 is 5.30. The van der Waals surface area contributed by atoms with E-state index in [0.29, 0.717) is 6.42 Å². The van der Waals surface area contributed by atoms with Gasteiger partial charge in [0.15, 0.2) is 0 Å². The average molecular weight is 286 g/mol. The first-order valence-electron chi connectivity index (χ1n) is 7.95. The van der Waals surface area contributed by atoms with Crippen LogP contribution in [0.2, 0.25) is 0 Å². The maximum Gasteiger partial charge on any atom is 0.303 e. The highest BCUT2D eigenvalue weighted by Gasteiger charge is 2.11. The molecule has 0 aromatic rings. The van der Waals surface area contributed by atoms with E-state index in [9.17, 15) is 9.59 Å². The van der Waals surface area contributed by atoms with Crippen LogP contribution in [0.4, 0.5) is 0 Å². The van der Waals surface area contributed by atoms with Gasteiger partial charge >= 0.3 is 11.9 Å². The molecule has 0 aliphatic rings. The maximum atomic E-state index is 11.1. The Morgan fingerprint density at radius 3 is 2.05 bits per heavy atom. The normalized spacial score (nSPS) is 12.1. The third kappa shape index (κ3) is 13.4.